The Morgan fingerprint density at radius 2 is 1.49 bits per heavy atom. The number of para-hydroxylation sites is 1. The molecule has 1 saturated heterocycles. The molecule has 2 aliphatic rings. The fourth-order valence-corrected chi connectivity index (χ4v) is 7.73. The smallest absolute Gasteiger partial charge is 0.243 e. The third-order valence-electron chi connectivity index (χ3n) is 7.04. The van der Waals surface area contributed by atoms with Crippen LogP contribution in [0.5, 0.6) is 0 Å². The van der Waals surface area contributed by atoms with Crippen LogP contribution in [-0.4, -0.2) is 70.2 Å². The number of hydrogen-bond donors (Lipinski definition) is 1. The maximum Gasteiger partial charge on any atom is 0.243 e. The summed E-state index contributed by atoms with van der Waals surface area (Å²) in [6.45, 7) is 0.201. The summed E-state index contributed by atoms with van der Waals surface area (Å²) in [5.41, 5.74) is 0.568. The summed E-state index contributed by atoms with van der Waals surface area (Å²) in [5, 5.41) is 2.72. The molecule has 1 heterocycles. The fraction of sp³-hybridized carbons (Fsp3) is 0.500. The van der Waals surface area contributed by atoms with Crippen molar-refractivity contribution in [3.8, 4) is 0 Å². The average molecular weight is 550 g/mol. The van der Waals surface area contributed by atoms with Gasteiger partial charge in [0.1, 0.15) is 0 Å². The van der Waals surface area contributed by atoms with Crippen molar-refractivity contribution in [3.63, 3.8) is 0 Å². The zero-order valence-corrected chi connectivity index (χ0v) is 22.7. The molecule has 0 spiro atoms. The Bertz CT molecular complexity index is 1260. The predicted octanol–water partition coefficient (Wildman–Crippen LogP) is 3.45. The summed E-state index contributed by atoms with van der Waals surface area (Å²) >= 11 is 0. The highest BCUT2D eigenvalue weighted by atomic mass is 32.2. The second-order valence-electron chi connectivity index (χ2n) is 9.63. The van der Waals surface area contributed by atoms with Crippen molar-refractivity contribution in [2.24, 2.45) is 0 Å². The number of amides is 1. The van der Waals surface area contributed by atoms with Gasteiger partial charge in [-0.05, 0) is 62.1 Å². The van der Waals surface area contributed by atoms with Crippen LogP contribution >= 0.6 is 0 Å². The summed E-state index contributed by atoms with van der Waals surface area (Å²) < 4.78 is 61.7. The molecular weight excluding hydrogens is 514 g/mol. The first kappa shape index (κ1) is 27.7. The molecule has 202 valence electrons. The van der Waals surface area contributed by atoms with Crippen LogP contribution in [0, 0.1) is 0 Å². The monoisotopic (exact) mass is 549 g/mol. The average Bonchev–Trinajstić information content (AvgIpc) is 3.42. The first-order valence-electron chi connectivity index (χ1n) is 12.7. The van der Waals surface area contributed by atoms with Crippen LogP contribution in [0.15, 0.2) is 64.4 Å². The van der Waals surface area contributed by atoms with Crippen LogP contribution in [-0.2, 0) is 29.6 Å². The first-order chi connectivity index (χ1) is 17.7. The second kappa shape index (κ2) is 12.0. The Morgan fingerprint density at radius 3 is 2.08 bits per heavy atom. The molecule has 37 heavy (non-hydrogen) atoms. The van der Waals surface area contributed by atoms with E-state index in [4.69, 9.17) is 4.74 Å². The van der Waals surface area contributed by atoms with Crippen LogP contribution in [0.1, 0.15) is 44.9 Å². The van der Waals surface area contributed by atoms with Gasteiger partial charge < -0.3 is 10.1 Å². The summed E-state index contributed by atoms with van der Waals surface area (Å²) in [7, 11) is -6.26. The summed E-state index contributed by atoms with van der Waals surface area (Å²) in [5.74, 6) is -0.471. The normalized spacial score (nSPS) is 19.4. The Balaban J connectivity index is 1.53. The number of benzene rings is 2. The van der Waals surface area contributed by atoms with Gasteiger partial charge in [-0.2, -0.15) is 8.61 Å². The number of ether oxygens (including phenoxy) is 1. The van der Waals surface area contributed by atoms with Gasteiger partial charge in [-0.1, -0.05) is 37.5 Å². The van der Waals surface area contributed by atoms with Gasteiger partial charge in [-0.25, -0.2) is 16.8 Å². The lowest BCUT2D eigenvalue weighted by atomic mass is 9.96. The number of anilines is 1. The van der Waals surface area contributed by atoms with Gasteiger partial charge in [0, 0.05) is 31.9 Å². The third kappa shape index (κ3) is 6.77. The maximum absolute atomic E-state index is 13.6. The molecule has 0 unspecified atom stereocenters. The van der Waals surface area contributed by atoms with Gasteiger partial charge >= 0.3 is 0 Å². The summed E-state index contributed by atoms with van der Waals surface area (Å²) in [6, 6.07) is 14.0. The van der Waals surface area contributed by atoms with Gasteiger partial charge in [0.05, 0.1) is 22.4 Å². The van der Waals surface area contributed by atoms with Crippen LogP contribution in [0.2, 0.25) is 0 Å². The Labute approximate surface area is 219 Å². The lowest BCUT2D eigenvalue weighted by Gasteiger charge is -2.30. The van der Waals surface area contributed by atoms with Crippen molar-refractivity contribution in [2.75, 3.05) is 32.1 Å². The first-order valence-corrected chi connectivity index (χ1v) is 15.6. The number of nitrogens with one attached hydrogen (secondary N) is 1. The molecule has 9 nitrogen and oxygen atoms in total. The number of sulfonamides is 2. The Kier molecular flexibility index (Phi) is 9.02. The second-order valence-corrected chi connectivity index (χ2v) is 13.6. The van der Waals surface area contributed by atoms with Crippen molar-refractivity contribution in [1.29, 1.82) is 0 Å². The highest BCUT2D eigenvalue weighted by Crippen LogP contribution is 2.28. The lowest BCUT2D eigenvalue weighted by molar-refractivity contribution is -0.116. The minimum Gasteiger partial charge on any atom is -0.377 e. The van der Waals surface area contributed by atoms with Gasteiger partial charge in [0.2, 0.25) is 26.0 Å². The lowest BCUT2D eigenvalue weighted by Crippen LogP contribution is -2.42. The van der Waals surface area contributed by atoms with Crippen LogP contribution in [0.4, 0.5) is 5.69 Å². The predicted molar refractivity (Wildman–Crippen MR) is 141 cm³/mol. The zero-order chi connectivity index (χ0) is 26.5. The number of rotatable bonds is 10. The molecule has 1 amide bonds. The Morgan fingerprint density at radius 1 is 0.865 bits per heavy atom. The molecule has 4 rings (SSSR count). The number of carbonyl (C=O) groups excluding carboxylic acids is 1. The summed E-state index contributed by atoms with van der Waals surface area (Å²) in [4.78, 5) is 12.7. The van der Waals surface area contributed by atoms with Crippen LogP contribution in [0.3, 0.4) is 0 Å². The van der Waals surface area contributed by atoms with Gasteiger partial charge in [-0.15, -0.1) is 0 Å². The van der Waals surface area contributed by atoms with Crippen molar-refractivity contribution >= 4 is 31.6 Å². The topological polar surface area (TPSA) is 113 Å². The SMILES string of the molecule is CN(C1CCCCC1)S(=O)(=O)c1ccc(S(=O)(=O)N(CC(=O)Nc2ccccc2)C[C@H]2CCCO2)cc1. The maximum atomic E-state index is 13.6. The standard InChI is InChI=1S/C26H35N3O6S2/c1-28(22-11-6-3-7-12-22)36(31,32)24-14-16-25(17-15-24)37(33,34)29(19-23-13-8-18-35-23)20-26(30)27-21-9-4-2-5-10-21/h2,4-5,9-10,14-17,22-23H,3,6-8,11-13,18-20H2,1H3,(H,27,30)/t23-/m1/s1. The molecule has 1 N–H and O–H groups in total. The van der Waals surface area contributed by atoms with E-state index >= 15 is 0 Å². The third-order valence-corrected chi connectivity index (χ3v) is 10.8. The van der Waals surface area contributed by atoms with Crippen molar-refractivity contribution in [3.05, 3.63) is 54.6 Å². The van der Waals surface area contributed by atoms with E-state index in [1.54, 1.807) is 31.3 Å². The highest BCUT2D eigenvalue weighted by molar-refractivity contribution is 7.89. The van der Waals surface area contributed by atoms with Gasteiger partial charge in [0.25, 0.3) is 0 Å². The fourth-order valence-electron chi connectivity index (χ4n) is 4.89. The molecule has 0 radical (unpaired) electrons. The number of hydrogen-bond acceptors (Lipinski definition) is 6. The van der Waals surface area contributed by atoms with E-state index in [0.717, 1.165) is 42.8 Å². The van der Waals surface area contributed by atoms with Gasteiger partial charge in [-0.3, -0.25) is 4.79 Å². The molecule has 1 saturated carbocycles. The minimum atomic E-state index is -4.09. The van der Waals surface area contributed by atoms with Crippen molar-refractivity contribution < 1.29 is 26.4 Å². The highest BCUT2D eigenvalue weighted by Gasteiger charge is 2.32. The molecule has 1 atom stereocenters. The number of nitrogens with zero attached hydrogens (tertiary/aromatic N) is 2. The zero-order valence-electron chi connectivity index (χ0n) is 21.1. The summed E-state index contributed by atoms with van der Waals surface area (Å²) in [6.07, 6.45) is 6.00. The van der Waals surface area contributed by atoms with Crippen molar-refractivity contribution in [1.82, 2.24) is 8.61 Å². The van der Waals surface area contributed by atoms with E-state index in [1.807, 2.05) is 6.07 Å². The molecule has 0 bridgehead atoms. The minimum absolute atomic E-state index is 0.0367. The van der Waals surface area contributed by atoms with Gasteiger partial charge in [0.15, 0.2) is 0 Å². The van der Waals surface area contributed by atoms with E-state index in [9.17, 15) is 21.6 Å². The van der Waals surface area contributed by atoms with Crippen molar-refractivity contribution in [2.45, 2.75) is 66.9 Å². The molecule has 1 aliphatic heterocycles. The van der Waals surface area contributed by atoms with Crippen LogP contribution < -0.4 is 5.32 Å². The van der Waals surface area contributed by atoms with E-state index in [1.165, 1.54) is 28.6 Å². The largest absolute Gasteiger partial charge is 0.377 e. The number of carbonyl (C=O) groups is 1. The Hall–Kier alpha value is -2.31. The molecule has 0 aromatic heterocycles. The molecule has 2 aromatic rings. The molecular formula is C26H35N3O6S2. The van der Waals surface area contributed by atoms with E-state index in [2.05, 4.69) is 5.32 Å². The van der Waals surface area contributed by atoms with E-state index in [-0.39, 0.29) is 35.0 Å². The molecule has 2 fully saturated rings. The van der Waals surface area contributed by atoms with E-state index in [0.29, 0.717) is 18.7 Å². The molecule has 11 heteroatoms. The van der Waals surface area contributed by atoms with E-state index < -0.39 is 26.0 Å². The quantitative estimate of drug-likeness (QED) is 0.486. The molecule has 1 aliphatic carbocycles. The van der Waals surface area contributed by atoms with Crippen LogP contribution in [0.25, 0.3) is 0 Å². The molecule has 2 aromatic carbocycles.